The van der Waals surface area contributed by atoms with Crippen LogP contribution in [0.5, 0.6) is 0 Å². The van der Waals surface area contributed by atoms with E-state index in [1.165, 1.54) is 36.4 Å². The van der Waals surface area contributed by atoms with Crippen molar-refractivity contribution in [3.05, 3.63) is 75.6 Å². The summed E-state index contributed by atoms with van der Waals surface area (Å²) in [5.74, 6) is -0.599. The van der Waals surface area contributed by atoms with Crippen molar-refractivity contribution >= 4 is 11.6 Å². The second-order valence-electron chi connectivity index (χ2n) is 4.75. The minimum atomic E-state index is -0.515. The normalized spacial score (nSPS) is 10.3. The van der Waals surface area contributed by atoms with Gasteiger partial charge < -0.3 is 4.90 Å². The molecule has 114 valence electrons. The predicted molar refractivity (Wildman–Crippen MR) is 79.9 cm³/mol. The van der Waals surface area contributed by atoms with Gasteiger partial charge in [-0.05, 0) is 36.8 Å². The van der Waals surface area contributed by atoms with Crippen molar-refractivity contribution in [2.24, 2.45) is 0 Å². The Kier molecular flexibility index (Phi) is 4.83. The molecule has 1 amide bonds. The lowest BCUT2D eigenvalue weighted by molar-refractivity contribution is -0.384. The number of hydrogen-bond donors (Lipinski definition) is 0. The minimum absolute atomic E-state index is 0.0651. The van der Waals surface area contributed by atoms with Gasteiger partial charge in [-0.2, -0.15) is 0 Å². The lowest BCUT2D eigenvalue weighted by Crippen LogP contribution is -2.30. The second-order valence-corrected chi connectivity index (χ2v) is 4.75. The third kappa shape index (κ3) is 3.66. The SMILES string of the molecule is CCN(Cc1cccc(F)c1)C(=O)c1ccc([N+](=O)[O-])cc1. The number of carbonyl (C=O) groups excluding carboxylic acids is 1. The maximum atomic E-state index is 13.2. The molecular weight excluding hydrogens is 287 g/mol. The molecule has 0 atom stereocenters. The third-order valence-corrected chi connectivity index (χ3v) is 3.26. The summed E-state index contributed by atoms with van der Waals surface area (Å²) >= 11 is 0. The molecule has 0 aliphatic carbocycles. The number of nitro groups is 1. The summed E-state index contributed by atoms with van der Waals surface area (Å²) in [5.41, 5.74) is 0.991. The largest absolute Gasteiger partial charge is 0.335 e. The Labute approximate surface area is 127 Å². The average Bonchev–Trinajstić information content (AvgIpc) is 2.52. The zero-order chi connectivity index (χ0) is 16.1. The van der Waals surface area contributed by atoms with Crippen LogP contribution in [0.15, 0.2) is 48.5 Å². The molecule has 0 fully saturated rings. The van der Waals surface area contributed by atoms with Crippen molar-refractivity contribution in [1.29, 1.82) is 0 Å². The van der Waals surface area contributed by atoms with Gasteiger partial charge in [0.1, 0.15) is 5.82 Å². The summed E-state index contributed by atoms with van der Waals surface area (Å²) in [6.45, 7) is 2.55. The number of rotatable bonds is 5. The highest BCUT2D eigenvalue weighted by Gasteiger charge is 2.16. The quantitative estimate of drug-likeness (QED) is 0.628. The number of nitrogens with zero attached hydrogens (tertiary/aromatic N) is 2. The van der Waals surface area contributed by atoms with E-state index in [0.29, 0.717) is 17.7 Å². The zero-order valence-electron chi connectivity index (χ0n) is 12.0. The third-order valence-electron chi connectivity index (χ3n) is 3.26. The molecule has 0 saturated carbocycles. The molecule has 2 aromatic carbocycles. The fraction of sp³-hybridized carbons (Fsp3) is 0.188. The van der Waals surface area contributed by atoms with Gasteiger partial charge in [-0.25, -0.2) is 4.39 Å². The number of carbonyl (C=O) groups is 1. The van der Waals surface area contributed by atoms with Gasteiger partial charge in [-0.1, -0.05) is 12.1 Å². The Morgan fingerprint density at radius 2 is 1.91 bits per heavy atom. The standard InChI is InChI=1S/C16H15FN2O3/c1-2-18(11-12-4-3-5-14(17)10-12)16(20)13-6-8-15(9-7-13)19(21)22/h3-10H,2,11H2,1H3. The predicted octanol–water partition coefficient (Wildman–Crippen LogP) is 3.40. The van der Waals surface area contributed by atoms with E-state index in [1.807, 2.05) is 6.92 Å². The monoisotopic (exact) mass is 302 g/mol. The molecule has 0 saturated heterocycles. The van der Waals surface area contributed by atoms with Crippen LogP contribution >= 0.6 is 0 Å². The lowest BCUT2D eigenvalue weighted by atomic mass is 10.1. The van der Waals surface area contributed by atoms with Gasteiger partial charge in [0.25, 0.3) is 11.6 Å². The number of non-ortho nitro benzene ring substituents is 1. The van der Waals surface area contributed by atoms with Crippen molar-refractivity contribution in [3.63, 3.8) is 0 Å². The molecule has 0 spiro atoms. The van der Waals surface area contributed by atoms with Crippen LogP contribution in [0.3, 0.4) is 0 Å². The Hall–Kier alpha value is -2.76. The van der Waals surface area contributed by atoms with Crippen molar-refractivity contribution in [3.8, 4) is 0 Å². The summed E-state index contributed by atoms with van der Waals surface area (Å²) in [6.07, 6.45) is 0. The molecule has 0 aliphatic rings. The Bertz CT molecular complexity index is 686. The van der Waals surface area contributed by atoms with Crippen molar-refractivity contribution < 1.29 is 14.1 Å². The Morgan fingerprint density at radius 1 is 1.23 bits per heavy atom. The molecule has 0 aromatic heterocycles. The first-order valence-corrected chi connectivity index (χ1v) is 6.79. The topological polar surface area (TPSA) is 63.5 Å². The fourth-order valence-corrected chi connectivity index (χ4v) is 2.09. The van der Waals surface area contributed by atoms with E-state index in [-0.39, 0.29) is 24.0 Å². The van der Waals surface area contributed by atoms with Gasteiger partial charge in [0, 0.05) is 30.8 Å². The van der Waals surface area contributed by atoms with Crippen LogP contribution in [0, 0.1) is 15.9 Å². The van der Waals surface area contributed by atoms with Crippen LogP contribution < -0.4 is 0 Å². The molecule has 0 N–H and O–H groups in total. The molecule has 5 nitrogen and oxygen atoms in total. The first kappa shape index (κ1) is 15.6. The number of nitro benzene ring substituents is 1. The highest BCUT2D eigenvalue weighted by Crippen LogP contribution is 2.15. The van der Waals surface area contributed by atoms with E-state index >= 15 is 0 Å². The molecule has 0 aliphatic heterocycles. The molecule has 0 heterocycles. The van der Waals surface area contributed by atoms with Crippen LogP contribution in [0.1, 0.15) is 22.8 Å². The molecule has 2 rings (SSSR count). The molecule has 0 radical (unpaired) electrons. The van der Waals surface area contributed by atoms with Crippen LogP contribution in [0.2, 0.25) is 0 Å². The fourth-order valence-electron chi connectivity index (χ4n) is 2.09. The van der Waals surface area contributed by atoms with Crippen LogP contribution in [-0.4, -0.2) is 22.3 Å². The van der Waals surface area contributed by atoms with E-state index < -0.39 is 4.92 Å². The van der Waals surface area contributed by atoms with E-state index in [2.05, 4.69) is 0 Å². The van der Waals surface area contributed by atoms with Crippen LogP contribution in [0.4, 0.5) is 10.1 Å². The summed E-state index contributed by atoms with van der Waals surface area (Å²) < 4.78 is 13.2. The van der Waals surface area contributed by atoms with Crippen molar-refractivity contribution in [1.82, 2.24) is 4.90 Å². The van der Waals surface area contributed by atoms with E-state index in [1.54, 1.807) is 17.0 Å². The summed E-state index contributed by atoms with van der Waals surface area (Å²) in [7, 11) is 0. The smallest absolute Gasteiger partial charge is 0.269 e. The Morgan fingerprint density at radius 3 is 2.45 bits per heavy atom. The highest BCUT2D eigenvalue weighted by molar-refractivity contribution is 5.94. The molecule has 0 bridgehead atoms. The number of amides is 1. The van der Waals surface area contributed by atoms with Gasteiger partial charge in [-0.15, -0.1) is 0 Å². The van der Waals surface area contributed by atoms with Gasteiger partial charge >= 0.3 is 0 Å². The maximum Gasteiger partial charge on any atom is 0.269 e. The van der Waals surface area contributed by atoms with E-state index in [4.69, 9.17) is 0 Å². The van der Waals surface area contributed by atoms with Gasteiger partial charge in [0.2, 0.25) is 0 Å². The van der Waals surface area contributed by atoms with Crippen molar-refractivity contribution in [2.75, 3.05) is 6.54 Å². The summed E-state index contributed by atoms with van der Waals surface area (Å²) in [6, 6.07) is 11.5. The molecule has 6 heteroatoms. The molecule has 0 unspecified atom stereocenters. The number of hydrogen-bond acceptors (Lipinski definition) is 3. The molecular formula is C16H15FN2O3. The van der Waals surface area contributed by atoms with Gasteiger partial charge in [0.15, 0.2) is 0 Å². The minimum Gasteiger partial charge on any atom is -0.335 e. The first-order chi connectivity index (χ1) is 10.5. The summed E-state index contributed by atoms with van der Waals surface area (Å²) in [4.78, 5) is 24.1. The highest BCUT2D eigenvalue weighted by atomic mass is 19.1. The van der Waals surface area contributed by atoms with Crippen LogP contribution in [-0.2, 0) is 6.54 Å². The van der Waals surface area contributed by atoms with Gasteiger partial charge in [-0.3, -0.25) is 14.9 Å². The second kappa shape index (κ2) is 6.80. The Balaban J connectivity index is 2.16. The maximum absolute atomic E-state index is 13.2. The van der Waals surface area contributed by atoms with Crippen molar-refractivity contribution in [2.45, 2.75) is 13.5 Å². The summed E-state index contributed by atoms with van der Waals surface area (Å²) in [5, 5.41) is 10.6. The van der Waals surface area contributed by atoms with E-state index in [0.717, 1.165) is 0 Å². The number of benzene rings is 2. The average molecular weight is 302 g/mol. The van der Waals surface area contributed by atoms with Crippen LogP contribution in [0.25, 0.3) is 0 Å². The van der Waals surface area contributed by atoms with Gasteiger partial charge in [0.05, 0.1) is 4.92 Å². The van der Waals surface area contributed by atoms with E-state index in [9.17, 15) is 19.3 Å². The molecule has 2 aromatic rings. The zero-order valence-corrected chi connectivity index (χ0v) is 12.0. The lowest BCUT2D eigenvalue weighted by Gasteiger charge is -2.21. The number of halogens is 1. The molecule has 22 heavy (non-hydrogen) atoms. The first-order valence-electron chi connectivity index (χ1n) is 6.79.